The van der Waals surface area contributed by atoms with Crippen molar-refractivity contribution < 1.29 is 13.2 Å². The molecule has 1 atom stereocenters. The first kappa shape index (κ1) is 10.3. The summed E-state index contributed by atoms with van der Waals surface area (Å²) < 4.78 is 17.8. The number of para-hydroxylation sites is 1. The summed E-state index contributed by atoms with van der Waals surface area (Å²) in [4.78, 5) is 11.8. The lowest BCUT2D eigenvalue weighted by Crippen LogP contribution is -2.35. The standard InChI is InChI=1S/C10H11NO3S/c1-10(2)9(12)11(15(13)14-10)8-6-4-3-5-7-8/h3-7H,1-2H3. The predicted octanol–water partition coefficient (Wildman–Crippen LogP) is 1.41. The number of nitrogens with zero attached hydrogens (tertiary/aromatic N) is 1. The Kier molecular flexibility index (Phi) is 2.36. The molecule has 15 heavy (non-hydrogen) atoms. The van der Waals surface area contributed by atoms with Gasteiger partial charge in [-0.2, -0.15) is 0 Å². The number of amides is 1. The van der Waals surface area contributed by atoms with Crippen LogP contribution in [0.5, 0.6) is 0 Å². The van der Waals surface area contributed by atoms with Gasteiger partial charge in [-0.3, -0.25) is 8.98 Å². The molecule has 1 aliphatic rings. The van der Waals surface area contributed by atoms with Crippen molar-refractivity contribution >= 4 is 22.9 Å². The number of anilines is 1. The largest absolute Gasteiger partial charge is 0.273 e. The summed E-state index contributed by atoms with van der Waals surface area (Å²) in [5.74, 6) is -0.285. The molecule has 1 aromatic rings. The molecule has 2 rings (SSSR count). The minimum absolute atomic E-state index is 0.285. The highest BCUT2D eigenvalue weighted by molar-refractivity contribution is 7.83. The third kappa shape index (κ3) is 1.68. The molecule has 0 spiro atoms. The monoisotopic (exact) mass is 225 g/mol. The molecule has 1 saturated heterocycles. The second-order valence-corrected chi connectivity index (χ2v) is 4.71. The van der Waals surface area contributed by atoms with Crippen molar-refractivity contribution in [2.24, 2.45) is 0 Å². The summed E-state index contributed by atoms with van der Waals surface area (Å²) in [6, 6.07) is 8.84. The summed E-state index contributed by atoms with van der Waals surface area (Å²) in [5.41, 5.74) is -0.424. The summed E-state index contributed by atoms with van der Waals surface area (Å²) in [6.07, 6.45) is 0. The van der Waals surface area contributed by atoms with Gasteiger partial charge >= 0.3 is 0 Å². The summed E-state index contributed by atoms with van der Waals surface area (Å²) in [5, 5.41) is 0. The number of benzene rings is 1. The molecule has 0 aliphatic carbocycles. The Morgan fingerprint density at radius 3 is 2.33 bits per heavy atom. The highest BCUT2D eigenvalue weighted by Gasteiger charge is 2.46. The third-order valence-corrected chi connectivity index (χ3v) is 3.35. The Hall–Kier alpha value is -1.20. The first-order valence-corrected chi connectivity index (χ1v) is 5.56. The van der Waals surface area contributed by atoms with Crippen LogP contribution in [0.3, 0.4) is 0 Å². The maximum absolute atomic E-state index is 11.8. The van der Waals surface area contributed by atoms with E-state index >= 15 is 0 Å². The molecule has 0 saturated carbocycles. The van der Waals surface area contributed by atoms with Crippen LogP contribution in [0.4, 0.5) is 5.69 Å². The smallest absolute Gasteiger partial charge is 0.270 e. The van der Waals surface area contributed by atoms with Gasteiger partial charge in [0.15, 0.2) is 5.60 Å². The van der Waals surface area contributed by atoms with Gasteiger partial charge in [0.25, 0.3) is 17.2 Å². The van der Waals surface area contributed by atoms with E-state index in [4.69, 9.17) is 4.18 Å². The molecule has 0 aromatic heterocycles. The van der Waals surface area contributed by atoms with Crippen molar-refractivity contribution in [3.8, 4) is 0 Å². The highest BCUT2D eigenvalue weighted by Crippen LogP contribution is 2.30. The van der Waals surface area contributed by atoms with E-state index in [0.29, 0.717) is 5.69 Å². The number of carbonyl (C=O) groups excluding carboxylic acids is 1. The van der Waals surface area contributed by atoms with Gasteiger partial charge in [0.2, 0.25) is 0 Å². The van der Waals surface area contributed by atoms with Gasteiger partial charge in [-0.05, 0) is 26.0 Å². The number of hydrogen-bond donors (Lipinski definition) is 0. The highest BCUT2D eigenvalue weighted by atomic mass is 32.2. The summed E-state index contributed by atoms with van der Waals surface area (Å²) >= 11 is -1.73. The molecule has 5 heteroatoms. The Labute approximate surface area is 90.6 Å². The lowest BCUT2D eigenvalue weighted by molar-refractivity contribution is -0.126. The fourth-order valence-electron chi connectivity index (χ4n) is 1.33. The van der Waals surface area contributed by atoms with Crippen molar-refractivity contribution in [3.05, 3.63) is 30.3 Å². The second kappa shape index (κ2) is 3.43. The number of hydrogen-bond acceptors (Lipinski definition) is 3. The summed E-state index contributed by atoms with van der Waals surface area (Å²) in [7, 11) is 0. The molecular formula is C10H11NO3S. The molecule has 1 aliphatic heterocycles. The minimum Gasteiger partial charge on any atom is -0.270 e. The lowest BCUT2D eigenvalue weighted by Gasteiger charge is -2.13. The van der Waals surface area contributed by atoms with Gasteiger partial charge in [-0.1, -0.05) is 18.2 Å². The molecule has 80 valence electrons. The average molecular weight is 225 g/mol. The predicted molar refractivity (Wildman–Crippen MR) is 57.2 cm³/mol. The van der Waals surface area contributed by atoms with Gasteiger partial charge in [0, 0.05) is 0 Å². The van der Waals surface area contributed by atoms with E-state index in [1.54, 1.807) is 38.1 Å². The zero-order chi connectivity index (χ0) is 11.1. The molecule has 1 aromatic carbocycles. The van der Waals surface area contributed by atoms with E-state index in [-0.39, 0.29) is 5.91 Å². The van der Waals surface area contributed by atoms with Gasteiger partial charge < -0.3 is 0 Å². The Morgan fingerprint density at radius 1 is 1.27 bits per heavy atom. The van der Waals surface area contributed by atoms with Crippen LogP contribution in [-0.2, 0) is 20.2 Å². The maximum atomic E-state index is 11.8. The minimum atomic E-state index is -1.73. The lowest BCUT2D eigenvalue weighted by atomic mass is 10.1. The van der Waals surface area contributed by atoms with Crippen LogP contribution in [0.15, 0.2) is 30.3 Å². The fourth-order valence-corrected chi connectivity index (χ4v) is 2.48. The van der Waals surface area contributed by atoms with Crippen molar-refractivity contribution in [2.45, 2.75) is 19.4 Å². The first-order chi connectivity index (χ1) is 7.02. The van der Waals surface area contributed by atoms with E-state index in [1.165, 1.54) is 4.31 Å². The van der Waals surface area contributed by atoms with E-state index in [0.717, 1.165) is 0 Å². The second-order valence-electron chi connectivity index (χ2n) is 3.75. The van der Waals surface area contributed by atoms with Crippen molar-refractivity contribution in [3.63, 3.8) is 0 Å². The molecule has 1 unspecified atom stereocenters. The quantitative estimate of drug-likeness (QED) is 0.726. The maximum Gasteiger partial charge on any atom is 0.273 e. The van der Waals surface area contributed by atoms with E-state index in [1.807, 2.05) is 6.07 Å². The van der Waals surface area contributed by atoms with Gasteiger partial charge in [0.05, 0.1) is 5.69 Å². The Balaban J connectivity index is 2.40. The Bertz CT molecular complexity index is 416. The van der Waals surface area contributed by atoms with E-state index in [2.05, 4.69) is 0 Å². The molecule has 4 nitrogen and oxygen atoms in total. The van der Waals surface area contributed by atoms with Crippen LogP contribution >= 0.6 is 0 Å². The molecule has 0 N–H and O–H groups in total. The average Bonchev–Trinajstić information content (AvgIpc) is 2.38. The molecule has 1 heterocycles. The van der Waals surface area contributed by atoms with E-state index in [9.17, 15) is 9.00 Å². The van der Waals surface area contributed by atoms with Crippen LogP contribution in [0.25, 0.3) is 0 Å². The van der Waals surface area contributed by atoms with Crippen LogP contribution < -0.4 is 4.31 Å². The SMILES string of the molecule is CC1(C)OS(=O)N(c2ccccc2)C1=O. The number of rotatable bonds is 1. The topological polar surface area (TPSA) is 46.6 Å². The van der Waals surface area contributed by atoms with E-state index < -0.39 is 16.9 Å². The van der Waals surface area contributed by atoms with Crippen molar-refractivity contribution in [1.29, 1.82) is 0 Å². The molecular weight excluding hydrogens is 214 g/mol. The fraction of sp³-hybridized carbons (Fsp3) is 0.300. The van der Waals surface area contributed by atoms with Gasteiger partial charge in [0.1, 0.15) is 0 Å². The van der Waals surface area contributed by atoms with Crippen LogP contribution in [0, 0.1) is 0 Å². The molecule has 1 fully saturated rings. The zero-order valence-electron chi connectivity index (χ0n) is 8.47. The van der Waals surface area contributed by atoms with Crippen LogP contribution in [0.2, 0.25) is 0 Å². The van der Waals surface area contributed by atoms with Crippen LogP contribution in [0.1, 0.15) is 13.8 Å². The third-order valence-electron chi connectivity index (χ3n) is 2.12. The normalized spacial score (nSPS) is 24.5. The van der Waals surface area contributed by atoms with Gasteiger partial charge in [-0.15, -0.1) is 0 Å². The zero-order valence-corrected chi connectivity index (χ0v) is 9.28. The first-order valence-electron chi connectivity index (χ1n) is 4.53. The molecule has 1 amide bonds. The van der Waals surface area contributed by atoms with Crippen LogP contribution in [-0.4, -0.2) is 15.7 Å². The summed E-state index contributed by atoms with van der Waals surface area (Å²) in [6.45, 7) is 3.21. The van der Waals surface area contributed by atoms with Crippen molar-refractivity contribution in [2.75, 3.05) is 4.31 Å². The van der Waals surface area contributed by atoms with Gasteiger partial charge in [-0.25, -0.2) is 8.51 Å². The van der Waals surface area contributed by atoms with Crippen molar-refractivity contribution in [1.82, 2.24) is 0 Å². The molecule has 0 bridgehead atoms. The Morgan fingerprint density at radius 2 is 1.87 bits per heavy atom. The molecule has 0 radical (unpaired) electrons. The number of carbonyl (C=O) groups is 1.